The zero-order chi connectivity index (χ0) is 22.4. The summed E-state index contributed by atoms with van der Waals surface area (Å²) in [5.74, 6) is -0.618. The van der Waals surface area contributed by atoms with Crippen LogP contribution in [0.5, 0.6) is 0 Å². The van der Waals surface area contributed by atoms with E-state index in [0.717, 1.165) is 0 Å². The number of hydrogen-bond acceptors (Lipinski definition) is 6. The van der Waals surface area contributed by atoms with E-state index in [1.807, 2.05) is 27.7 Å². The summed E-state index contributed by atoms with van der Waals surface area (Å²) in [6, 6.07) is -1.14. The quantitative estimate of drug-likeness (QED) is 0.441. The van der Waals surface area contributed by atoms with Crippen molar-refractivity contribution in [1.29, 1.82) is 0 Å². The molecule has 0 bridgehead atoms. The number of Topliss-reactive ketones (excluding diaryl/α,β-unsaturated/α-hetero) is 1. The molecule has 0 aromatic rings. The van der Waals surface area contributed by atoms with Gasteiger partial charge in [0.15, 0.2) is 5.78 Å². The van der Waals surface area contributed by atoms with E-state index in [1.54, 1.807) is 14.0 Å². The van der Waals surface area contributed by atoms with Crippen LogP contribution < -0.4 is 16.0 Å². The predicted molar refractivity (Wildman–Crippen MR) is 114 cm³/mol. The van der Waals surface area contributed by atoms with Crippen LogP contribution >= 0.6 is 0 Å². The Bertz CT molecular complexity index is 502. The number of ether oxygens (including phenoxy) is 2. The molecule has 2 amide bonds. The van der Waals surface area contributed by atoms with Crippen LogP contribution in [0.4, 0.5) is 0 Å². The summed E-state index contributed by atoms with van der Waals surface area (Å²) in [4.78, 5) is 36.4. The Morgan fingerprint density at radius 1 is 1.10 bits per heavy atom. The van der Waals surface area contributed by atoms with Gasteiger partial charge in [0.05, 0.1) is 25.8 Å². The Morgan fingerprint density at radius 3 is 2.03 bits per heavy atom. The fourth-order valence-electron chi connectivity index (χ4n) is 2.31. The van der Waals surface area contributed by atoms with Crippen molar-refractivity contribution >= 4 is 17.6 Å². The van der Waals surface area contributed by atoms with Gasteiger partial charge in [-0.3, -0.25) is 14.4 Å². The van der Waals surface area contributed by atoms with Crippen molar-refractivity contribution < 1.29 is 23.9 Å². The first-order chi connectivity index (χ1) is 13.7. The summed E-state index contributed by atoms with van der Waals surface area (Å²) in [6.07, 6.45) is 5.03. The third-order valence-electron chi connectivity index (χ3n) is 4.23. The minimum Gasteiger partial charge on any atom is -0.383 e. The summed E-state index contributed by atoms with van der Waals surface area (Å²) in [5.41, 5.74) is -0.786. The predicted octanol–water partition coefficient (Wildman–Crippen LogP) is 1.42. The van der Waals surface area contributed by atoms with Crippen LogP contribution in [-0.4, -0.2) is 69.2 Å². The van der Waals surface area contributed by atoms with Gasteiger partial charge in [-0.25, -0.2) is 0 Å². The molecule has 1 saturated carbocycles. The second kappa shape index (κ2) is 14.5. The molecule has 8 nitrogen and oxygen atoms in total. The number of rotatable bonds is 11. The molecular weight excluding hydrogens is 374 g/mol. The van der Waals surface area contributed by atoms with Crippen LogP contribution in [0.15, 0.2) is 0 Å². The van der Waals surface area contributed by atoms with E-state index >= 15 is 0 Å². The third kappa shape index (κ3) is 11.9. The number of carbonyl (C=O) groups excluding carboxylic acids is 3. The van der Waals surface area contributed by atoms with Crippen molar-refractivity contribution in [2.75, 3.05) is 33.9 Å². The number of methoxy groups -OCH3 is 1. The van der Waals surface area contributed by atoms with Gasteiger partial charge in [-0.15, -0.1) is 0 Å². The topological polar surface area (TPSA) is 109 Å². The maximum atomic E-state index is 12.4. The van der Waals surface area contributed by atoms with Gasteiger partial charge in [0, 0.05) is 7.11 Å². The van der Waals surface area contributed by atoms with Gasteiger partial charge in [0.1, 0.15) is 11.6 Å². The molecule has 0 aromatic heterocycles. The lowest BCUT2D eigenvalue weighted by Gasteiger charge is -2.22. The highest BCUT2D eigenvalue weighted by molar-refractivity contribution is 5.97. The lowest BCUT2D eigenvalue weighted by Crippen LogP contribution is -2.52. The zero-order valence-corrected chi connectivity index (χ0v) is 19.2. The Balaban J connectivity index is 0.00000139. The molecule has 2 fully saturated rings. The van der Waals surface area contributed by atoms with E-state index in [-0.39, 0.29) is 30.8 Å². The van der Waals surface area contributed by atoms with Crippen molar-refractivity contribution in [3.8, 4) is 0 Å². The first kappa shape index (κ1) is 27.5. The number of ketones is 1. The maximum Gasteiger partial charge on any atom is 0.239 e. The second-order valence-electron chi connectivity index (χ2n) is 7.71. The Hall–Kier alpha value is -1.51. The minimum atomic E-state index is -0.786. The summed E-state index contributed by atoms with van der Waals surface area (Å²) in [6.45, 7) is 10.1. The third-order valence-corrected chi connectivity index (χ3v) is 4.23. The van der Waals surface area contributed by atoms with Crippen molar-refractivity contribution in [2.45, 2.75) is 78.0 Å². The van der Waals surface area contributed by atoms with Gasteiger partial charge < -0.3 is 25.4 Å². The Morgan fingerprint density at radius 2 is 1.66 bits per heavy atom. The molecule has 3 atom stereocenters. The lowest BCUT2D eigenvalue weighted by atomic mass is 9.93. The molecule has 0 spiro atoms. The minimum absolute atomic E-state index is 0.122. The highest BCUT2D eigenvalue weighted by atomic mass is 16.6. The van der Waals surface area contributed by atoms with Crippen LogP contribution in [-0.2, 0) is 23.9 Å². The van der Waals surface area contributed by atoms with Gasteiger partial charge in [-0.05, 0) is 26.3 Å². The van der Waals surface area contributed by atoms with Gasteiger partial charge in [0.2, 0.25) is 11.8 Å². The van der Waals surface area contributed by atoms with Crippen molar-refractivity contribution in [3.63, 3.8) is 0 Å². The summed E-state index contributed by atoms with van der Waals surface area (Å²) >= 11 is 0. The standard InChI is InChI=1S/C16H29N3O5.C3H6.C2H6/c1-10(2)6-11(14(21)16(3)9-24-16)19-13(20)7-18-15(22)12(17-4)8-23-5;1-2-3-1;1-2/h10-12,17H,6-9H2,1-5H3,(H,18,22)(H,19,20);1-3H2;1-2H3/t11-,12?,16?;;/m0../s1. The molecule has 2 aliphatic rings. The normalized spacial score (nSPS) is 20.8. The highest BCUT2D eigenvalue weighted by Gasteiger charge is 2.50. The average molecular weight is 416 g/mol. The lowest BCUT2D eigenvalue weighted by molar-refractivity contribution is -0.131. The molecule has 170 valence electrons. The van der Waals surface area contributed by atoms with E-state index in [2.05, 4.69) is 16.0 Å². The molecule has 1 aliphatic heterocycles. The number of amides is 2. The molecule has 0 aromatic carbocycles. The summed E-state index contributed by atoms with van der Waals surface area (Å²) in [5, 5.41) is 8.04. The first-order valence-corrected chi connectivity index (χ1v) is 10.6. The van der Waals surface area contributed by atoms with Crippen molar-refractivity contribution in [3.05, 3.63) is 0 Å². The van der Waals surface area contributed by atoms with Crippen molar-refractivity contribution in [2.24, 2.45) is 5.92 Å². The largest absolute Gasteiger partial charge is 0.383 e. The Kier molecular flexibility index (Phi) is 13.7. The van der Waals surface area contributed by atoms with Crippen LogP contribution in [0.2, 0.25) is 0 Å². The first-order valence-electron chi connectivity index (χ1n) is 10.6. The van der Waals surface area contributed by atoms with E-state index in [1.165, 1.54) is 26.4 Å². The second-order valence-corrected chi connectivity index (χ2v) is 7.71. The summed E-state index contributed by atoms with van der Waals surface area (Å²) < 4.78 is 10.1. The highest BCUT2D eigenvalue weighted by Crippen LogP contribution is 2.29. The SMILES string of the molecule is C1CC1.CC.CNC(COC)C(=O)NCC(=O)N[C@@H](CC(C)C)C(=O)C1(C)CO1. The maximum absolute atomic E-state index is 12.4. The number of likely N-dealkylation sites (N-methyl/N-ethyl adjacent to an activating group) is 1. The molecule has 3 N–H and O–H groups in total. The number of hydrogen-bond donors (Lipinski definition) is 3. The summed E-state index contributed by atoms with van der Waals surface area (Å²) in [7, 11) is 3.13. The molecule has 2 unspecified atom stereocenters. The molecule has 8 heteroatoms. The number of epoxide rings is 1. The number of nitrogens with one attached hydrogen (secondary N) is 3. The monoisotopic (exact) mass is 415 g/mol. The van der Waals surface area contributed by atoms with Crippen LogP contribution in [0.25, 0.3) is 0 Å². The van der Waals surface area contributed by atoms with Crippen molar-refractivity contribution in [1.82, 2.24) is 16.0 Å². The van der Waals surface area contributed by atoms with Gasteiger partial charge in [-0.2, -0.15) is 0 Å². The molecule has 29 heavy (non-hydrogen) atoms. The molecule has 2 rings (SSSR count). The molecule has 1 saturated heterocycles. The van der Waals surface area contributed by atoms with Gasteiger partial charge >= 0.3 is 0 Å². The average Bonchev–Trinajstić information content (AvgIpc) is 3.60. The van der Waals surface area contributed by atoms with Crippen LogP contribution in [0, 0.1) is 5.92 Å². The molecule has 1 aliphatic carbocycles. The zero-order valence-electron chi connectivity index (χ0n) is 19.2. The fraction of sp³-hybridized carbons (Fsp3) is 0.857. The Labute approximate surface area is 175 Å². The molecule has 1 heterocycles. The van der Waals surface area contributed by atoms with E-state index in [0.29, 0.717) is 13.0 Å². The van der Waals surface area contributed by atoms with E-state index in [4.69, 9.17) is 9.47 Å². The van der Waals surface area contributed by atoms with E-state index < -0.39 is 23.6 Å². The van der Waals surface area contributed by atoms with E-state index in [9.17, 15) is 14.4 Å². The molecular formula is C21H41N3O5. The number of carbonyl (C=O) groups is 3. The molecule has 0 radical (unpaired) electrons. The van der Waals surface area contributed by atoms with Crippen LogP contribution in [0.3, 0.4) is 0 Å². The van der Waals surface area contributed by atoms with Gasteiger partial charge in [0.25, 0.3) is 0 Å². The smallest absolute Gasteiger partial charge is 0.239 e. The fourth-order valence-corrected chi connectivity index (χ4v) is 2.31. The van der Waals surface area contributed by atoms with Crippen LogP contribution in [0.1, 0.15) is 60.3 Å². The van der Waals surface area contributed by atoms with Gasteiger partial charge in [-0.1, -0.05) is 47.0 Å².